The predicted octanol–water partition coefficient (Wildman–Crippen LogP) is 3.03. The third kappa shape index (κ3) is 1.37. The van der Waals surface area contributed by atoms with Crippen LogP contribution in [0.3, 0.4) is 0 Å². The lowest BCUT2D eigenvalue weighted by Gasteiger charge is -2.06. The molecule has 0 radical (unpaired) electrons. The van der Waals surface area contributed by atoms with Crippen LogP contribution in [0.2, 0.25) is 0 Å². The van der Waals surface area contributed by atoms with E-state index in [1.165, 1.54) is 0 Å². The number of pyridine rings is 2. The Bertz CT molecular complexity index is 831. The van der Waals surface area contributed by atoms with Gasteiger partial charge in [0.05, 0.1) is 11.0 Å². The monoisotopic (exact) mass is 236 g/mol. The first-order chi connectivity index (χ1) is 8.72. The third-order valence-corrected chi connectivity index (χ3v) is 3.18. The molecule has 2 aromatic heterocycles. The zero-order chi connectivity index (χ0) is 12.7. The summed E-state index contributed by atoms with van der Waals surface area (Å²) in [4.78, 5) is 19.9. The fourth-order valence-electron chi connectivity index (χ4n) is 2.28. The van der Waals surface area contributed by atoms with Crippen molar-refractivity contribution >= 4 is 27.9 Å². The molecule has 0 bridgehead atoms. The smallest absolute Gasteiger partial charge is 0.196 e. The molecule has 0 amide bonds. The molecule has 1 aromatic carbocycles. The van der Waals surface area contributed by atoms with Crippen molar-refractivity contribution in [3.63, 3.8) is 0 Å². The maximum Gasteiger partial charge on any atom is 0.196 e. The molecule has 0 atom stereocenters. The van der Waals surface area contributed by atoms with Gasteiger partial charge >= 0.3 is 0 Å². The molecule has 2 heterocycles. The second kappa shape index (κ2) is 3.81. The van der Waals surface area contributed by atoms with Gasteiger partial charge in [-0.1, -0.05) is 24.8 Å². The van der Waals surface area contributed by atoms with Crippen molar-refractivity contribution in [1.29, 1.82) is 0 Å². The predicted molar refractivity (Wildman–Crippen MR) is 74.7 cm³/mol. The van der Waals surface area contributed by atoms with Crippen LogP contribution in [0.25, 0.3) is 27.9 Å². The molecule has 3 nitrogen and oxygen atoms in total. The highest BCUT2D eigenvalue weighted by molar-refractivity contribution is 6.03. The van der Waals surface area contributed by atoms with E-state index >= 15 is 0 Å². The summed E-state index contributed by atoms with van der Waals surface area (Å²) in [6, 6.07) is 7.63. The minimum atomic E-state index is 0.00352. The van der Waals surface area contributed by atoms with Gasteiger partial charge in [-0.3, -0.25) is 9.78 Å². The Kier molecular flexibility index (Phi) is 2.27. The highest BCUT2D eigenvalue weighted by Gasteiger charge is 2.09. The van der Waals surface area contributed by atoms with Crippen molar-refractivity contribution in [2.75, 3.05) is 0 Å². The second-order valence-corrected chi connectivity index (χ2v) is 4.26. The number of rotatable bonds is 1. The van der Waals surface area contributed by atoms with E-state index in [0.29, 0.717) is 10.9 Å². The molecule has 18 heavy (non-hydrogen) atoms. The van der Waals surface area contributed by atoms with E-state index in [1.807, 2.05) is 31.2 Å². The summed E-state index contributed by atoms with van der Waals surface area (Å²) in [7, 11) is 0. The number of aromatic amines is 1. The molecule has 3 rings (SSSR count). The molecule has 0 unspecified atom stereocenters. The molecule has 0 spiro atoms. The maximum absolute atomic E-state index is 12.3. The van der Waals surface area contributed by atoms with Crippen LogP contribution in [-0.2, 0) is 0 Å². The Morgan fingerprint density at radius 1 is 1.33 bits per heavy atom. The Morgan fingerprint density at radius 2 is 2.17 bits per heavy atom. The van der Waals surface area contributed by atoms with Gasteiger partial charge in [0.15, 0.2) is 5.43 Å². The molecule has 0 saturated carbocycles. The van der Waals surface area contributed by atoms with Crippen LogP contribution in [0, 0.1) is 6.92 Å². The lowest BCUT2D eigenvalue weighted by Crippen LogP contribution is -2.09. The average Bonchev–Trinajstić information content (AvgIpc) is 2.39. The standard InChI is InChI=1S/C15H12N2O/c1-3-11-9(2)17-14-12(15(11)18)7-6-10-5-4-8-16-13(10)14/h3-8H,1H2,2H3,(H,17,18). The van der Waals surface area contributed by atoms with Crippen LogP contribution in [0.15, 0.2) is 41.8 Å². The van der Waals surface area contributed by atoms with Crippen molar-refractivity contribution in [2.45, 2.75) is 6.92 Å². The van der Waals surface area contributed by atoms with E-state index in [1.54, 1.807) is 12.3 Å². The summed E-state index contributed by atoms with van der Waals surface area (Å²) in [6.07, 6.45) is 3.33. The van der Waals surface area contributed by atoms with E-state index in [2.05, 4.69) is 16.5 Å². The molecule has 0 aliphatic rings. The second-order valence-electron chi connectivity index (χ2n) is 4.26. The molecular formula is C15H12N2O. The van der Waals surface area contributed by atoms with Crippen LogP contribution in [0.4, 0.5) is 0 Å². The van der Waals surface area contributed by atoms with Gasteiger partial charge in [0.1, 0.15) is 0 Å². The quantitative estimate of drug-likeness (QED) is 0.660. The average molecular weight is 236 g/mol. The van der Waals surface area contributed by atoms with Crippen LogP contribution in [0.5, 0.6) is 0 Å². The number of aromatic nitrogens is 2. The number of nitrogens with one attached hydrogen (secondary N) is 1. The van der Waals surface area contributed by atoms with E-state index in [9.17, 15) is 4.79 Å². The number of fused-ring (bicyclic) bond motifs is 3. The molecule has 3 heteroatoms. The lowest BCUT2D eigenvalue weighted by atomic mass is 10.1. The molecule has 0 fully saturated rings. The van der Waals surface area contributed by atoms with E-state index in [4.69, 9.17) is 0 Å². The number of hydrogen-bond donors (Lipinski definition) is 1. The molecule has 88 valence electrons. The SMILES string of the molecule is C=Cc1c(C)[nH]c2c(ccc3cccnc32)c1=O. The van der Waals surface area contributed by atoms with Crippen molar-refractivity contribution in [3.05, 3.63) is 58.5 Å². The van der Waals surface area contributed by atoms with Gasteiger partial charge in [-0.25, -0.2) is 0 Å². The van der Waals surface area contributed by atoms with Crippen LogP contribution < -0.4 is 5.43 Å². The molecule has 0 aliphatic heterocycles. The number of H-pyrrole nitrogens is 1. The van der Waals surface area contributed by atoms with Crippen molar-refractivity contribution in [2.24, 2.45) is 0 Å². The van der Waals surface area contributed by atoms with Gasteiger partial charge in [0.25, 0.3) is 0 Å². The Hall–Kier alpha value is -2.42. The summed E-state index contributed by atoms with van der Waals surface area (Å²) < 4.78 is 0. The van der Waals surface area contributed by atoms with Gasteiger partial charge in [0.2, 0.25) is 0 Å². The summed E-state index contributed by atoms with van der Waals surface area (Å²) in [5.41, 5.74) is 3.06. The molecule has 0 saturated heterocycles. The van der Waals surface area contributed by atoms with Crippen molar-refractivity contribution in [1.82, 2.24) is 9.97 Å². The fraction of sp³-hybridized carbons (Fsp3) is 0.0667. The number of hydrogen-bond acceptors (Lipinski definition) is 2. The topological polar surface area (TPSA) is 45.8 Å². The lowest BCUT2D eigenvalue weighted by molar-refractivity contribution is 1.23. The van der Waals surface area contributed by atoms with Gasteiger partial charge in [-0.2, -0.15) is 0 Å². The summed E-state index contributed by atoms with van der Waals surface area (Å²) in [5.74, 6) is 0. The van der Waals surface area contributed by atoms with Gasteiger partial charge in [-0.15, -0.1) is 0 Å². The first kappa shape index (κ1) is 10.7. The number of aryl methyl sites for hydroxylation is 1. The Labute approximate surface area is 104 Å². The molecule has 0 aliphatic carbocycles. The van der Waals surface area contributed by atoms with Crippen molar-refractivity contribution in [3.8, 4) is 0 Å². The first-order valence-corrected chi connectivity index (χ1v) is 5.75. The Morgan fingerprint density at radius 3 is 2.94 bits per heavy atom. The normalized spacial score (nSPS) is 10.9. The highest BCUT2D eigenvalue weighted by atomic mass is 16.1. The Balaban J connectivity index is 2.61. The first-order valence-electron chi connectivity index (χ1n) is 5.75. The zero-order valence-electron chi connectivity index (χ0n) is 10.0. The molecule has 1 N–H and O–H groups in total. The summed E-state index contributed by atoms with van der Waals surface area (Å²) >= 11 is 0. The largest absolute Gasteiger partial charge is 0.356 e. The van der Waals surface area contributed by atoms with Gasteiger partial charge in [0, 0.05) is 28.2 Å². The highest BCUT2D eigenvalue weighted by Crippen LogP contribution is 2.21. The van der Waals surface area contributed by atoms with Crippen LogP contribution in [0.1, 0.15) is 11.3 Å². The number of nitrogens with zero attached hydrogens (tertiary/aromatic N) is 1. The summed E-state index contributed by atoms with van der Waals surface area (Å²) in [6.45, 7) is 5.56. The minimum Gasteiger partial charge on any atom is -0.356 e. The van der Waals surface area contributed by atoms with Crippen molar-refractivity contribution < 1.29 is 0 Å². The van der Waals surface area contributed by atoms with E-state index in [0.717, 1.165) is 22.1 Å². The number of benzene rings is 1. The molecular weight excluding hydrogens is 224 g/mol. The fourth-order valence-corrected chi connectivity index (χ4v) is 2.28. The van der Waals surface area contributed by atoms with E-state index in [-0.39, 0.29) is 5.43 Å². The third-order valence-electron chi connectivity index (χ3n) is 3.18. The van der Waals surface area contributed by atoms with E-state index < -0.39 is 0 Å². The van der Waals surface area contributed by atoms with Gasteiger partial charge < -0.3 is 4.98 Å². The van der Waals surface area contributed by atoms with Gasteiger partial charge in [-0.05, 0) is 19.1 Å². The maximum atomic E-state index is 12.3. The summed E-state index contributed by atoms with van der Waals surface area (Å²) in [5, 5.41) is 1.67. The van der Waals surface area contributed by atoms with Crippen LogP contribution >= 0.6 is 0 Å². The minimum absolute atomic E-state index is 0.00352. The molecule has 3 aromatic rings. The van der Waals surface area contributed by atoms with Crippen LogP contribution in [-0.4, -0.2) is 9.97 Å². The zero-order valence-corrected chi connectivity index (χ0v) is 10.0.